The highest BCUT2D eigenvalue weighted by Crippen LogP contribution is 2.33. The van der Waals surface area contributed by atoms with Crippen molar-refractivity contribution in [3.8, 4) is 5.75 Å². The second-order valence-corrected chi connectivity index (χ2v) is 9.55. The van der Waals surface area contributed by atoms with Crippen molar-refractivity contribution in [1.82, 2.24) is 4.31 Å². The molecule has 2 aliphatic heterocycles. The molecule has 31 heavy (non-hydrogen) atoms. The number of amides is 2. The average molecular weight is 447 g/mol. The Labute approximate surface area is 179 Å². The third-order valence-electron chi connectivity index (χ3n) is 5.37. The summed E-state index contributed by atoms with van der Waals surface area (Å²) >= 11 is 0. The van der Waals surface area contributed by atoms with Gasteiger partial charge in [-0.05, 0) is 56.2 Å². The van der Waals surface area contributed by atoms with Gasteiger partial charge in [-0.3, -0.25) is 9.59 Å². The van der Waals surface area contributed by atoms with Crippen molar-refractivity contribution in [3.63, 3.8) is 0 Å². The number of carbonyl (C=O) groups is 2. The van der Waals surface area contributed by atoms with Gasteiger partial charge in [0, 0.05) is 18.8 Å². The minimum atomic E-state index is -3.89. The van der Waals surface area contributed by atoms with Crippen LogP contribution in [0.1, 0.15) is 19.8 Å². The highest BCUT2D eigenvalue weighted by Gasteiger charge is 2.34. The molecule has 164 valence electrons. The number of hydrogen-bond donors (Lipinski definition) is 2. The number of carbonyl (C=O) groups excluding carboxylic acids is 2. The molecule has 1 fully saturated rings. The number of rotatable bonds is 4. The molecule has 2 N–H and O–H groups in total. The molecule has 8 nitrogen and oxygen atoms in total. The van der Waals surface area contributed by atoms with Gasteiger partial charge < -0.3 is 15.4 Å². The first kappa shape index (κ1) is 21.3. The Hall–Kier alpha value is -2.98. The molecular formula is C21H22FN3O5S. The van der Waals surface area contributed by atoms with Gasteiger partial charge in [-0.25, -0.2) is 12.8 Å². The molecule has 2 aliphatic rings. The minimum Gasteiger partial charge on any atom is -0.479 e. The summed E-state index contributed by atoms with van der Waals surface area (Å²) in [6, 6.07) is 9.84. The number of benzene rings is 2. The van der Waals surface area contributed by atoms with Crippen LogP contribution in [-0.4, -0.2) is 43.7 Å². The molecule has 0 saturated carbocycles. The molecule has 0 aromatic heterocycles. The molecule has 4 rings (SSSR count). The van der Waals surface area contributed by atoms with E-state index in [0.717, 1.165) is 0 Å². The predicted molar refractivity (Wildman–Crippen MR) is 112 cm³/mol. The first-order chi connectivity index (χ1) is 14.7. The summed E-state index contributed by atoms with van der Waals surface area (Å²) in [5.74, 6) is -1.34. The fraction of sp³-hybridized carbons (Fsp3) is 0.333. The zero-order valence-corrected chi connectivity index (χ0v) is 17.6. The normalized spacial score (nSPS) is 21.5. The number of hydrogen-bond acceptors (Lipinski definition) is 5. The predicted octanol–water partition coefficient (Wildman–Crippen LogP) is 2.58. The monoisotopic (exact) mass is 447 g/mol. The van der Waals surface area contributed by atoms with Gasteiger partial charge in [0.05, 0.1) is 16.5 Å². The van der Waals surface area contributed by atoms with E-state index in [4.69, 9.17) is 4.74 Å². The highest BCUT2D eigenvalue weighted by molar-refractivity contribution is 7.89. The van der Waals surface area contributed by atoms with Crippen molar-refractivity contribution in [2.75, 3.05) is 23.7 Å². The molecule has 0 unspecified atom stereocenters. The average Bonchev–Trinajstić information content (AvgIpc) is 2.74. The van der Waals surface area contributed by atoms with E-state index in [9.17, 15) is 22.4 Å². The fourth-order valence-electron chi connectivity index (χ4n) is 3.68. The van der Waals surface area contributed by atoms with Crippen LogP contribution in [-0.2, 0) is 19.6 Å². The van der Waals surface area contributed by atoms with E-state index in [1.165, 1.54) is 40.7 Å². The van der Waals surface area contributed by atoms with E-state index in [1.807, 2.05) is 0 Å². The van der Waals surface area contributed by atoms with Crippen molar-refractivity contribution in [1.29, 1.82) is 0 Å². The minimum absolute atomic E-state index is 0.0101. The molecule has 2 atom stereocenters. The third kappa shape index (κ3) is 4.40. The van der Waals surface area contributed by atoms with Gasteiger partial charge in [0.2, 0.25) is 15.9 Å². The lowest BCUT2D eigenvalue weighted by atomic mass is 9.99. The first-order valence-corrected chi connectivity index (χ1v) is 11.4. The lowest BCUT2D eigenvalue weighted by Crippen LogP contribution is -2.43. The van der Waals surface area contributed by atoms with E-state index < -0.39 is 27.9 Å². The first-order valence-electron chi connectivity index (χ1n) is 9.92. The molecular weight excluding hydrogens is 425 g/mol. The summed E-state index contributed by atoms with van der Waals surface area (Å²) < 4.78 is 46.5. The third-order valence-corrected chi connectivity index (χ3v) is 7.23. The Morgan fingerprint density at radius 3 is 2.84 bits per heavy atom. The number of nitrogens with zero attached hydrogens (tertiary/aromatic N) is 1. The topological polar surface area (TPSA) is 105 Å². The van der Waals surface area contributed by atoms with Crippen LogP contribution in [0.5, 0.6) is 5.75 Å². The standard InChI is InChI=1S/C21H22FN3O5S/c1-13-20(26)24-18-11-17(7-8-19(18)30-13)31(28,29)25-9-3-4-14(12-25)21(27)23-16-6-2-5-15(22)10-16/h2,5-8,10-11,13-14H,3-4,9,12H2,1H3,(H,23,27)(H,24,26)/t13-,14-/m1/s1. The van der Waals surface area contributed by atoms with E-state index in [0.29, 0.717) is 30.0 Å². The van der Waals surface area contributed by atoms with E-state index in [2.05, 4.69) is 10.6 Å². The van der Waals surface area contributed by atoms with Crippen molar-refractivity contribution >= 4 is 33.2 Å². The maximum atomic E-state index is 13.4. The Balaban J connectivity index is 1.50. The Bertz CT molecular complexity index is 1140. The number of anilines is 2. The van der Waals surface area contributed by atoms with E-state index in [-0.39, 0.29) is 29.8 Å². The maximum absolute atomic E-state index is 13.4. The van der Waals surface area contributed by atoms with E-state index in [1.54, 1.807) is 13.0 Å². The molecule has 1 saturated heterocycles. The molecule has 0 spiro atoms. The van der Waals surface area contributed by atoms with Crippen LogP contribution in [0.3, 0.4) is 0 Å². The van der Waals surface area contributed by atoms with Gasteiger partial charge in [0.15, 0.2) is 6.10 Å². The van der Waals surface area contributed by atoms with Crippen LogP contribution in [0.4, 0.5) is 15.8 Å². The summed E-state index contributed by atoms with van der Waals surface area (Å²) in [5.41, 5.74) is 0.617. The van der Waals surface area contributed by atoms with Gasteiger partial charge >= 0.3 is 0 Å². The Kier molecular flexibility index (Phi) is 5.67. The SMILES string of the molecule is C[C@H]1Oc2ccc(S(=O)(=O)N3CCC[C@@H](C(=O)Nc4cccc(F)c4)C3)cc2NC1=O. The number of halogens is 1. The van der Waals surface area contributed by atoms with Gasteiger partial charge in [0.25, 0.3) is 5.91 Å². The molecule has 2 amide bonds. The number of ether oxygens (including phenoxy) is 1. The van der Waals surface area contributed by atoms with Crippen molar-refractivity contribution < 1.29 is 27.1 Å². The van der Waals surface area contributed by atoms with Crippen LogP contribution >= 0.6 is 0 Å². The molecule has 10 heteroatoms. The summed E-state index contributed by atoms with van der Waals surface area (Å²) in [5, 5.41) is 5.29. The van der Waals surface area contributed by atoms with Crippen LogP contribution in [0, 0.1) is 11.7 Å². The van der Waals surface area contributed by atoms with Gasteiger partial charge in [-0.15, -0.1) is 0 Å². The molecule has 0 radical (unpaired) electrons. The number of sulfonamides is 1. The molecule has 0 aliphatic carbocycles. The second-order valence-electron chi connectivity index (χ2n) is 7.61. The second kappa shape index (κ2) is 8.27. The van der Waals surface area contributed by atoms with Crippen LogP contribution in [0.25, 0.3) is 0 Å². The number of fused-ring (bicyclic) bond motifs is 1. The molecule has 2 heterocycles. The van der Waals surface area contributed by atoms with Crippen LogP contribution in [0.15, 0.2) is 47.4 Å². The zero-order valence-electron chi connectivity index (χ0n) is 16.8. The van der Waals surface area contributed by atoms with E-state index >= 15 is 0 Å². The number of nitrogens with one attached hydrogen (secondary N) is 2. The quantitative estimate of drug-likeness (QED) is 0.750. The van der Waals surface area contributed by atoms with Crippen molar-refractivity contribution in [2.45, 2.75) is 30.8 Å². The fourth-order valence-corrected chi connectivity index (χ4v) is 5.23. The van der Waals surface area contributed by atoms with Crippen molar-refractivity contribution in [2.24, 2.45) is 5.92 Å². The van der Waals surface area contributed by atoms with Gasteiger partial charge in [0.1, 0.15) is 11.6 Å². The van der Waals surface area contributed by atoms with Crippen LogP contribution < -0.4 is 15.4 Å². The molecule has 2 aromatic rings. The largest absolute Gasteiger partial charge is 0.479 e. The summed E-state index contributed by atoms with van der Waals surface area (Å²) in [4.78, 5) is 24.5. The lowest BCUT2D eigenvalue weighted by molar-refractivity contribution is -0.123. The summed E-state index contributed by atoms with van der Waals surface area (Å²) in [6.45, 7) is 1.90. The Morgan fingerprint density at radius 1 is 1.26 bits per heavy atom. The van der Waals surface area contributed by atoms with Gasteiger partial charge in [-0.1, -0.05) is 6.07 Å². The van der Waals surface area contributed by atoms with Gasteiger partial charge in [-0.2, -0.15) is 4.31 Å². The Morgan fingerprint density at radius 2 is 2.06 bits per heavy atom. The zero-order chi connectivity index (χ0) is 22.2. The molecule has 0 bridgehead atoms. The summed E-state index contributed by atoms with van der Waals surface area (Å²) in [6.07, 6.45) is 0.386. The maximum Gasteiger partial charge on any atom is 0.265 e. The smallest absolute Gasteiger partial charge is 0.265 e. The van der Waals surface area contributed by atoms with Crippen LogP contribution in [0.2, 0.25) is 0 Å². The highest BCUT2D eigenvalue weighted by atomic mass is 32.2. The summed E-state index contributed by atoms with van der Waals surface area (Å²) in [7, 11) is -3.89. The lowest BCUT2D eigenvalue weighted by Gasteiger charge is -2.31. The molecule has 2 aromatic carbocycles. The van der Waals surface area contributed by atoms with Crippen molar-refractivity contribution in [3.05, 3.63) is 48.3 Å². The number of piperidine rings is 1.